The first-order chi connectivity index (χ1) is 10.1. The molecule has 1 aromatic heterocycles. The van der Waals surface area contributed by atoms with Gasteiger partial charge in [0.15, 0.2) is 0 Å². The van der Waals surface area contributed by atoms with Crippen molar-refractivity contribution in [2.24, 2.45) is 5.92 Å². The fourth-order valence-electron chi connectivity index (χ4n) is 2.39. The van der Waals surface area contributed by atoms with Crippen molar-refractivity contribution < 1.29 is 19.4 Å². The molecule has 0 radical (unpaired) electrons. The van der Waals surface area contributed by atoms with Gasteiger partial charge in [-0.3, -0.25) is 4.79 Å². The van der Waals surface area contributed by atoms with Gasteiger partial charge in [0.25, 0.3) is 0 Å². The van der Waals surface area contributed by atoms with E-state index in [2.05, 4.69) is 10.3 Å². The number of ether oxygens (including phenoxy) is 1. The lowest BCUT2D eigenvalue weighted by Gasteiger charge is -2.17. The third-order valence-corrected chi connectivity index (χ3v) is 3.49. The first kappa shape index (κ1) is 15.1. The lowest BCUT2D eigenvalue weighted by atomic mass is 10.1. The van der Waals surface area contributed by atoms with Crippen LogP contribution in [0.3, 0.4) is 0 Å². The minimum atomic E-state index is -0.814. The fourth-order valence-corrected chi connectivity index (χ4v) is 2.39. The molecule has 0 aromatic carbocycles. The van der Waals surface area contributed by atoms with E-state index in [-0.39, 0.29) is 18.4 Å². The van der Waals surface area contributed by atoms with Crippen LogP contribution in [0.15, 0.2) is 18.3 Å². The van der Waals surface area contributed by atoms with Crippen LogP contribution in [0.25, 0.3) is 0 Å². The quantitative estimate of drug-likeness (QED) is 0.848. The molecule has 2 heterocycles. The van der Waals surface area contributed by atoms with Gasteiger partial charge in [0, 0.05) is 38.3 Å². The fraction of sp³-hybridized carbons (Fsp3) is 0.500. The molecule has 2 amide bonds. The number of hydrogen-bond acceptors (Lipinski definition) is 4. The summed E-state index contributed by atoms with van der Waals surface area (Å²) < 4.78 is 5.02. The molecule has 7 nitrogen and oxygen atoms in total. The lowest BCUT2D eigenvalue weighted by molar-refractivity contribution is -0.138. The molecule has 0 aliphatic carbocycles. The summed E-state index contributed by atoms with van der Waals surface area (Å²) >= 11 is 0. The Morgan fingerprint density at radius 2 is 2.38 bits per heavy atom. The van der Waals surface area contributed by atoms with Crippen molar-refractivity contribution in [2.45, 2.75) is 19.4 Å². The first-order valence-corrected chi connectivity index (χ1v) is 6.82. The van der Waals surface area contributed by atoms with Crippen molar-refractivity contribution >= 4 is 12.0 Å². The molecule has 1 unspecified atom stereocenters. The minimum absolute atomic E-state index is 0.0502. The van der Waals surface area contributed by atoms with Crippen molar-refractivity contribution in [2.75, 3.05) is 20.2 Å². The molecule has 2 rings (SSSR count). The highest BCUT2D eigenvalue weighted by Gasteiger charge is 2.27. The first-order valence-electron chi connectivity index (χ1n) is 6.82. The summed E-state index contributed by atoms with van der Waals surface area (Å²) in [5, 5.41) is 11.6. The van der Waals surface area contributed by atoms with Crippen LogP contribution >= 0.6 is 0 Å². The standard InChI is InChI=1S/C14H19N3O4/c1-21-12-6-10(2-4-15-12)8-16-14(20)17-5-3-11(9-17)7-13(18)19/h2,4,6,11H,3,5,7-9H2,1H3,(H,16,20)(H,18,19). The largest absolute Gasteiger partial charge is 0.481 e. The molecular formula is C14H19N3O4. The molecule has 21 heavy (non-hydrogen) atoms. The molecule has 1 aromatic rings. The van der Waals surface area contributed by atoms with E-state index in [4.69, 9.17) is 9.84 Å². The number of carbonyl (C=O) groups excluding carboxylic acids is 1. The Morgan fingerprint density at radius 3 is 3.10 bits per heavy atom. The average Bonchev–Trinajstić information content (AvgIpc) is 2.92. The number of pyridine rings is 1. The van der Waals surface area contributed by atoms with Crippen molar-refractivity contribution in [1.29, 1.82) is 0 Å². The molecule has 1 aliphatic heterocycles. The van der Waals surface area contributed by atoms with Gasteiger partial charge in [0.05, 0.1) is 7.11 Å². The maximum atomic E-state index is 12.0. The van der Waals surface area contributed by atoms with Crippen LogP contribution in [0.5, 0.6) is 5.88 Å². The molecule has 1 atom stereocenters. The number of aliphatic carboxylic acids is 1. The second-order valence-electron chi connectivity index (χ2n) is 5.06. The number of aromatic nitrogens is 1. The van der Waals surface area contributed by atoms with Gasteiger partial charge in [0.2, 0.25) is 5.88 Å². The number of likely N-dealkylation sites (tertiary alicyclic amines) is 1. The molecule has 0 spiro atoms. The molecule has 2 N–H and O–H groups in total. The summed E-state index contributed by atoms with van der Waals surface area (Å²) in [7, 11) is 1.54. The van der Waals surface area contributed by atoms with Crippen LogP contribution in [-0.2, 0) is 11.3 Å². The summed E-state index contributed by atoms with van der Waals surface area (Å²) in [5.41, 5.74) is 0.900. The van der Waals surface area contributed by atoms with Gasteiger partial charge in [-0.15, -0.1) is 0 Å². The molecule has 7 heteroatoms. The van der Waals surface area contributed by atoms with Gasteiger partial charge in [0.1, 0.15) is 0 Å². The van der Waals surface area contributed by atoms with Gasteiger partial charge in [-0.2, -0.15) is 0 Å². The molecular weight excluding hydrogens is 274 g/mol. The van der Waals surface area contributed by atoms with Crippen molar-refractivity contribution in [1.82, 2.24) is 15.2 Å². The Morgan fingerprint density at radius 1 is 1.57 bits per heavy atom. The number of amides is 2. The monoisotopic (exact) mass is 293 g/mol. The van der Waals surface area contributed by atoms with Crippen molar-refractivity contribution in [3.8, 4) is 5.88 Å². The maximum absolute atomic E-state index is 12.0. The summed E-state index contributed by atoms with van der Waals surface area (Å²) in [6.07, 6.45) is 2.48. The van der Waals surface area contributed by atoms with Crippen molar-refractivity contribution in [3.05, 3.63) is 23.9 Å². The minimum Gasteiger partial charge on any atom is -0.481 e. The Labute approximate surface area is 122 Å². The Bertz CT molecular complexity index is 521. The van der Waals surface area contributed by atoms with Gasteiger partial charge in [-0.25, -0.2) is 9.78 Å². The van der Waals surface area contributed by atoms with Crippen LogP contribution in [0.2, 0.25) is 0 Å². The Hall–Kier alpha value is -2.31. The van der Waals surface area contributed by atoms with Crippen molar-refractivity contribution in [3.63, 3.8) is 0 Å². The Kier molecular flexibility index (Phi) is 4.97. The topological polar surface area (TPSA) is 91.8 Å². The van der Waals surface area contributed by atoms with E-state index in [0.29, 0.717) is 25.5 Å². The number of nitrogens with zero attached hydrogens (tertiary/aromatic N) is 2. The molecule has 114 valence electrons. The zero-order valence-corrected chi connectivity index (χ0v) is 11.9. The van der Waals surface area contributed by atoms with Gasteiger partial charge < -0.3 is 20.1 Å². The van der Waals surface area contributed by atoms with Crippen LogP contribution in [0.1, 0.15) is 18.4 Å². The zero-order valence-electron chi connectivity index (χ0n) is 11.9. The number of carbonyl (C=O) groups is 2. The zero-order chi connectivity index (χ0) is 15.2. The van der Waals surface area contributed by atoms with E-state index in [1.807, 2.05) is 0 Å². The number of urea groups is 1. The maximum Gasteiger partial charge on any atom is 0.317 e. The SMILES string of the molecule is COc1cc(CNC(=O)N2CCC(CC(=O)O)C2)ccn1. The predicted molar refractivity (Wildman–Crippen MR) is 75.0 cm³/mol. The van der Waals surface area contributed by atoms with E-state index < -0.39 is 5.97 Å². The summed E-state index contributed by atoms with van der Waals surface area (Å²) in [6, 6.07) is 3.40. The smallest absolute Gasteiger partial charge is 0.317 e. The normalized spacial score (nSPS) is 17.6. The molecule has 1 saturated heterocycles. The van der Waals surface area contributed by atoms with E-state index in [1.165, 1.54) is 7.11 Å². The third kappa shape index (κ3) is 4.34. The summed E-state index contributed by atoms with van der Waals surface area (Å²) in [4.78, 5) is 28.3. The van der Waals surface area contributed by atoms with Gasteiger partial charge in [-0.05, 0) is 24.0 Å². The van der Waals surface area contributed by atoms with Gasteiger partial charge in [-0.1, -0.05) is 0 Å². The van der Waals surface area contributed by atoms with E-state index >= 15 is 0 Å². The van der Waals surface area contributed by atoms with Crippen LogP contribution in [-0.4, -0.2) is 47.2 Å². The van der Waals surface area contributed by atoms with E-state index in [1.54, 1.807) is 23.2 Å². The highest BCUT2D eigenvalue weighted by Crippen LogP contribution is 2.19. The van der Waals surface area contributed by atoms with Crippen LogP contribution in [0.4, 0.5) is 4.79 Å². The second kappa shape index (κ2) is 6.92. The molecule has 0 bridgehead atoms. The number of carboxylic acids is 1. The number of carboxylic acid groups (broad SMARTS) is 1. The second-order valence-corrected chi connectivity index (χ2v) is 5.06. The number of rotatable bonds is 5. The summed E-state index contributed by atoms with van der Waals surface area (Å²) in [6.45, 7) is 1.49. The van der Waals surface area contributed by atoms with Crippen LogP contribution < -0.4 is 10.1 Å². The lowest BCUT2D eigenvalue weighted by Crippen LogP contribution is -2.38. The van der Waals surface area contributed by atoms with E-state index in [0.717, 1.165) is 12.0 Å². The van der Waals surface area contributed by atoms with E-state index in [9.17, 15) is 9.59 Å². The highest BCUT2D eigenvalue weighted by atomic mass is 16.5. The molecule has 1 fully saturated rings. The van der Waals surface area contributed by atoms with Gasteiger partial charge >= 0.3 is 12.0 Å². The Balaban J connectivity index is 1.81. The number of methoxy groups -OCH3 is 1. The average molecular weight is 293 g/mol. The third-order valence-electron chi connectivity index (χ3n) is 3.49. The molecule has 1 aliphatic rings. The van der Waals surface area contributed by atoms with Crippen LogP contribution in [0, 0.1) is 5.92 Å². The highest BCUT2D eigenvalue weighted by molar-refractivity contribution is 5.74. The summed E-state index contributed by atoms with van der Waals surface area (Å²) in [5.74, 6) is -0.259. The number of hydrogen-bond donors (Lipinski definition) is 2. The number of nitrogens with one attached hydrogen (secondary N) is 1. The molecule has 0 saturated carbocycles. The predicted octanol–water partition coefficient (Wildman–Crippen LogP) is 1.10.